The first-order chi connectivity index (χ1) is 9.01. The lowest BCUT2D eigenvalue weighted by molar-refractivity contribution is -0.132. The number of aryl methyl sites for hydroxylation is 1. The van der Waals surface area contributed by atoms with E-state index in [-0.39, 0.29) is 0 Å². The number of ether oxygens (including phenoxy) is 2. The molecule has 0 fully saturated rings. The first kappa shape index (κ1) is 14.9. The van der Waals surface area contributed by atoms with Crippen molar-refractivity contribution < 1.29 is 23.9 Å². The van der Waals surface area contributed by atoms with Crippen LogP contribution in [0, 0.1) is 0 Å². The number of carbonyl (C=O) groups is 3. The van der Waals surface area contributed by atoms with Crippen LogP contribution in [0.3, 0.4) is 0 Å². The van der Waals surface area contributed by atoms with E-state index in [9.17, 15) is 14.4 Å². The summed E-state index contributed by atoms with van der Waals surface area (Å²) in [5, 5.41) is 0. The summed E-state index contributed by atoms with van der Waals surface area (Å²) in [6, 6.07) is 4.87. The fourth-order valence-corrected chi connectivity index (χ4v) is 1.61. The topological polar surface area (TPSA) is 69.7 Å². The molecule has 0 unspecified atom stereocenters. The third-order valence-corrected chi connectivity index (χ3v) is 2.25. The van der Waals surface area contributed by atoms with Crippen molar-refractivity contribution in [3.8, 4) is 11.5 Å². The average molecular weight is 264 g/mol. The van der Waals surface area contributed by atoms with Gasteiger partial charge in [-0.25, -0.2) is 0 Å². The van der Waals surface area contributed by atoms with E-state index in [0.717, 1.165) is 11.8 Å². The maximum atomic E-state index is 10.9. The summed E-state index contributed by atoms with van der Waals surface area (Å²) in [5.41, 5.74) is 0.844. The second-order valence-electron chi connectivity index (χ2n) is 4.06. The van der Waals surface area contributed by atoms with E-state index >= 15 is 0 Å². The summed E-state index contributed by atoms with van der Waals surface area (Å²) in [6.45, 7) is 2.59. The molecule has 0 aliphatic carbocycles. The van der Waals surface area contributed by atoms with Crippen LogP contribution >= 0.6 is 0 Å². The summed E-state index contributed by atoms with van der Waals surface area (Å²) < 4.78 is 9.97. The summed E-state index contributed by atoms with van der Waals surface area (Å²) in [7, 11) is 0. The normalized spacial score (nSPS) is 9.79. The first-order valence-corrected chi connectivity index (χ1v) is 5.95. The molecule has 0 spiro atoms. The maximum absolute atomic E-state index is 10.9. The lowest BCUT2D eigenvalue weighted by atomic mass is 10.1. The van der Waals surface area contributed by atoms with Gasteiger partial charge in [-0.3, -0.25) is 9.59 Å². The van der Waals surface area contributed by atoms with Crippen molar-refractivity contribution in [2.24, 2.45) is 0 Å². The van der Waals surface area contributed by atoms with Gasteiger partial charge in [0.15, 0.2) is 0 Å². The lowest BCUT2D eigenvalue weighted by Gasteiger charge is -2.08. The molecule has 0 aliphatic rings. The molecule has 0 saturated heterocycles. The molecule has 0 aromatic heterocycles. The van der Waals surface area contributed by atoms with Gasteiger partial charge in [0.25, 0.3) is 0 Å². The van der Waals surface area contributed by atoms with Gasteiger partial charge in [-0.05, 0) is 30.5 Å². The molecular formula is C14H16O5. The lowest BCUT2D eigenvalue weighted by Crippen LogP contribution is -2.05. The van der Waals surface area contributed by atoms with E-state index in [1.807, 2.05) is 0 Å². The van der Waals surface area contributed by atoms with Crippen LogP contribution in [0.5, 0.6) is 11.5 Å². The Morgan fingerprint density at radius 2 is 1.58 bits per heavy atom. The van der Waals surface area contributed by atoms with Crippen molar-refractivity contribution in [1.29, 1.82) is 0 Å². The minimum Gasteiger partial charge on any atom is -0.427 e. The minimum absolute atomic E-state index is 0.326. The maximum Gasteiger partial charge on any atom is 0.308 e. The van der Waals surface area contributed by atoms with Crippen LogP contribution in [0.25, 0.3) is 0 Å². The molecule has 0 N–H and O–H groups in total. The van der Waals surface area contributed by atoms with E-state index in [4.69, 9.17) is 9.47 Å². The van der Waals surface area contributed by atoms with Crippen molar-refractivity contribution in [3.05, 3.63) is 23.8 Å². The van der Waals surface area contributed by atoms with Gasteiger partial charge >= 0.3 is 11.9 Å². The molecule has 1 rings (SSSR count). The summed E-state index contributed by atoms with van der Waals surface area (Å²) >= 11 is 0. The summed E-state index contributed by atoms with van der Waals surface area (Å²) in [5.74, 6) is -0.239. The zero-order valence-electron chi connectivity index (χ0n) is 11.0. The number of carbonyl (C=O) groups excluding carboxylic acids is 3. The molecule has 19 heavy (non-hydrogen) atoms. The van der Waals surface area contributed by atoms with Gasteiger partial charge in [0.2, 0.25) is 0 Å². The molecule has 1 aromatic rings. The van der Waals surface area contributed by atoms with Crippen LogP contribution in [0.15, 0.2) is 18.2 Å². The quantitative estimate of drug-likeness (QED) is 0.340. The smallest absolute Gasteiger partial charge is 0.308 e. The predicted octanol–water partition coefficient (Wildman–Crippen LogP) is 2.06. The second kappa shape index (κ2) is 7.31. The van der Waals surface area contributed by atoms with Gasteiger partial charge in [0.05, 0.1) is 0 Å². The molecule has 0 saturated carbocycles. The fraction of sp³-hybridized carbons (Fsp3) is 0.357. The minimum atomic E-state index is -0.446. The molecule has 0 heterocycles. The Balaban J connectivity index is 2.90. The van der Waals surface area contributed by atoms with Crippen molar-refractivity contribution in [1.82, 2.24) is 0 Å². The molecule has 102 valence electrons. The van der Waals surface area contributed by atoms with Crippen LogP contribution in [0.2, 0.25) is 0 Å². The van der Waals surface area contributed by atoms with Gasteiger partial charge < -0.3 is 14.3 Å². The Morgan fingerprint density at radius 1 is 1.05 bits per heavy atom. The van der Waals surface area contributed by atoms with Gasteiger partial charge in [-0.15, -0.1) is 0 Å². The average Bonchev–Trinajstić information content (AvgIpc) is 2.27. The Labute approximate surface area is 111 Å². The summed E-state index contributed by atoms with van der Waals surface area (Å²) in [4.78, 5) is 32.2. The highest BCUT2D eigenvalue weighted by molar-refractivity contribution is 5.71. The molecule has 5 heteroatoms. The van der Waals surface area contributed by atoms with Crippen LogP contribution in [0.1, 0.15) is 32.3 Å². The SMILES string of the molecule is CC(=O)Oc1cc(CCCC=O)cc(OC(C)=O)c1. The molecule has 1 aromatic carbocycles. The standard InChI is InChI=1S/C14H16O5/c1-10(16)18-13-7-12(5-3-4-6-15)8-14(9-13)19-11(2)17/h6-9H,3-5H2,1-2H3. The third kappa shape index (κ3) is 5.81. The van der Waals surface area contributed by atoms with Gasteiger partial charge in [-0.1, -0.05) is 0 Å². The molecule has 0 bridgehead atoms. The number of hydrogen-bond donors (Lipinski definition) is 0. The van der Waals surface area contributed by atoms with Crippen LogP contribution < -0.4 is 9.47 Å². The van der Waals surface area contributed by atoms with E-state index in [1.165, 1.54) is 19.9 Å². The molecule has 0 atom stereocenters. The van der Waals surface area contributed by atoms with Crippen molar-refractivity contribution in [2.75, 3.05) is 0 Å². The number of rotatable bonds is 6. The molecule has 0 radical (unpaired) electrons. The first-order valence-electron chi connectivity index (χ1n) is 5.95. The highest BCUT2D eigenvalue weighted by Crippen LogP contribution is 2.24. The molecule has 0 aliphatic heterocycles. The van der Waals surface area contributed by atoms with Gasteiger partial charge in [0, 0.05) is 26.3 Å². The van der Waals surface area contributed by atoms with Crippen LogP contribution in [-0.2, 0) is 20.8 Å². The second-order valence-corrected chi connectivity index (χ2v) is 4.06. The molecular weight excluding hydrogens is 248 g/mol. The molecule has 0 amide bonds. The number of unbranched alkanes of at least 4 members (excludes halogenated alkanes) is 1. The van der Waals surface area contributed by atoms with Crippen molar-refractivity contribution in [3.63, 3.8) is 0 Å². The predicted molar refractivity (Wildman–Crippen MR) is 68.1 cm³/mol. The Hall–Kier alpha value is -2.17. The van der Waals surface area contributed by atoms with E-state index in [1.54, 1.807) is 12.1 Å². The van der Waals surface area contributed by atoms with Crippen molar-refractivity contribution >= 4 is 18.2 Å². The van der Waals surface area contributed by atoms with Crippen LogP contribution in [0.4, 0.5) is 0 Å². The zero-order chi connectivity index (χ0) is 14.3. The van der Waals surface area contributed by atoms with Gasteiger partial charge in [0.1, 0.15) is 17.8 Å². The van der Waals surface area contributed by atoms with Crippen LogP contribution in [-0.4, -0.2) is 18.2 Å². The van der Waals surface area contributed by atoms with E-state index < -0.39 is 11.9 Å². The zero-order valence-corrected chi connectivity index (χ0v) is 11.0. The van der Waals surface area contributed by atoms with Gasteiger partial charge in [-0.2, -0.15) is 0 Å². The summed E-state index contributed by atoms with van der Waals surface area (Å²) in [6.07, 6.45) is 2.64. The highest BCUT2D eigenvalue weighted by atomic mass is 16.5. The van der Waals surface area contributed by atoms with E-state index in [0.29, 0.717) is 30.8 Å². The Kier molecular flexibility index (Phi) is 5.73. The number of hydrogen-bond acceptors (Lipinski definition) is 5. The Bertz CT molecular complexity index is 444. The molecule has 5 nitrogen and oxygen atoms in total. The highest BCUT2D eigenvalue weighted by Gasteiger charge is 2.07. The van der Waals surface area contributed by atoms with Crippen molar-refractivity contribution in [2.45, 2.75) is 33.1 Å². The van der Waals surface area contributed by atoms with E-state index in [2.05, 4.69) is 0 Å². The monoisotopic (exact) mass is 264 g/mol. The number of esters is 2. The largest absolute Gasteiger partial charge is 0.427 e. The third-order valence-electron chi connectivity index (χ3n) is 2.25. The Morgan fingerprint density at radius 3 is 2.00 bits per heavy atom. The fourth-order valence-electron chi connectivity index (χ4n) is 1.61. The number of aldehydes is 1. The number of benzene rings is 1.